The summed E-state index contributed by atoms with van der Waals surface area (Å²) in [6.45, 7) is 1.32. The van der Waals surface area contributed by atoms with E-state index in [1.54, 1.807) is 12.3 Å². The van der Waals surface area contributed by atoms with Crippen LogP contribution in [0.4, 0.5) is 0 Å². The van der Waals surface area contributed by atoms with E-state index in [4.69, 9.17) is 11.0 Å². The van der Waals surface area contributed by atoms with E-state index in [0.717, 1.165) is 0 Å². The van der Waals surface area contributed by atoms with Gasteiger partial charge in [-0.3, -0.25) is 4.79 Å². The molecule has 0 aliphatic heterocycles. The van der Waals surface area contributed by atoms with Crippen LogP contribution in [0.1, 0.15) is 6.92 Å². The van der Waals surface area contributed by atoms with Crippen molar-refractivity contribution in [3.05, 3.63) is 10.6 Å². The monoisotopic (exact) mass is 156 g/mol. The first-order valence-electron chi connectivity index (χ1n) is 2.58. The summed E-state index contributed by atoms with van der Waals surface area (Å²) < 4.78 is 0. The van der Waals surface area contributed by atoms with Gasteiger partial charge in [0.2, 0.25) is 0 Å². The van der Waals surface area contributed by atoms with Gasteiger partial charge < -0.3 is 5.73 Å². The zero-order valence-electron chi connectivity index (χ0n) is 5.84. The zero-order chi connectivity index (χ0) is 8.15. The number of carbonyl (C=O) groups excluding carboxylic acids is 1. The lowest BCUT2D eigenvalue weighted by atomic mass is 10.2. The van der Waals surface area contributed by atoms with E-state index in [0.29, 0.717) is 0 Å². The van der Waals surface area contributed by atoms with E-state index in [9.17, 15) is 4.79 Å². The van der Waals surface area contributed by atoms with Gasteiger partial charge in [-0.25, -0.2) is 0 Å². The molecule has 54 valence electrons. The van der Waals surface area contributed by atoms with Crippen LogP contribution in [0, 0.1) is 11.3 Å². The lowest BCUT2D eigenvalue weighted by Gasteiger charge is -1.95. The van der Waals surface area contributed by atoms with E-state index in [2.05, 4.69) is 0 Å². The first-order chi connectivity index (χ1) is 4.63. The van der Waals surface area contributed by atoms with Crippen LogP contribution < -0.4 is 5.73 Å². The fourth-order valence-electron chi connectivity index (χ4n) is 0.409. The number of carbonyl (C=O) groups is 1. The third kappa shape index (κ3) is 2.11. The van der Waals surface area contributed by atoms with Crippen LogP contribution in [0.15, 0.2) is 10.6 Å². The second-order valence-electron chi connectivity index (χ2n) is 1.61. The molecule has 0 aliphatic rings. The molecule has 0 spiro atoms. The van der Waals surface area contributed by atoms with Gasteiger partial charge in [0.1, 0.15) is 11.6 Å². The molecular weight excluding hydrogens is 148 g/mol. The summed E-state index contributed by atoms with van der Waals surface area (Å²) in [6.07, 6.45) is 1.72. The molecule has 4 heteroatoms. The number of allylic oxidation sites excluding steroid dienone is 1. The van der Waals surface area contributed by atoms with E-state index < -0.39 is 0 Å². The molecule has 0 saturated carbocycles. The highest BCUT2D eigenvalue weighted by molar-refractivity contribution is 8.02. The van der Waals surface area contributed by atoms with Gasteiger partial charge in [-0.2, -0.15) is 5.26 Å². The summed E-state index contributed by atoms with van der Waals surface area (Å²) in [5.74, 6) is -0.283. The summed E-state index contributed by atoms with van der Waals surface area (Å²) in [6, 6.07) is 1.74. The number of hydrogen-bond donors (Lipinski definition) is 1. The van der Waals surface area contributed by atoms with Crippen molar-refractivity contribution in [1.29, 1.82) is 5.26 Å². The fourth-order valence-corrected chi connectivity index (χ4v) is 0.803. The number of nitrogens with zero attached hydrogens (tertiary/aromatic N) is 1. The third-order valence-corrected chi connectivity index (χ3v) is 1.57. The van der Waals surface area contributed by atoms with Gasteiger partial charge in [0.05, 0.1) is 5.03 Å². The third-order valence-electron chi connectivity index (χ3n) is 0.930. The van der Waals surface area contributed by atoms with E-state index in [-0.39, 0.29) is 16.4 Å². The molecule has 0 radical (unpaired) electrons. The summed E-state index contributed by atoms with van der Waals surface area (Å²) in [4.78, 5) is 10.6. The molecule has 2 N–H and O–H groups in total. The Hall–Kier alpha value is -0.950. The summed E-state index contributed by atoms with van der Waals surface area (Å²) >= 11 is 1.20. The molecule has 0 aliphatic carbocycles. The maximum absolute atomic E-state index is 10.6. The maximum atomic E-state index is 10.6. The average Bonchev–Trinajstić information content (AvgIpc) is 1.88. The molecule has 0 saturated heterocycles. The Kier molecular flexibility index (Phi) is 3.59. The number of nitriles is 1. The minimum absolute atomic E-state index is 0.0486. The number of hydrogen-bond acceptors (Lipinski definition) is 4. The SMILES string of the molecule is CS/C(N)=C(/C#N)C(C)=O. The van der Waals surface area contributed by atoms with Crippen LogP contribution in [0.2, 0.25) is 0 Å². The predicted octanol–water partition coefficient (Wildman–Crippen LogP) is 0.632. The molecule has 0 unspecified atom stereocenters. The molecule has 3 nitrogen and oxygen atoms in total. The Balaban J connectivity index is 4.68. The Labute approximate surface area is 63.9 Å². The molecule has 0 fully saturated rings. The smallest absolute Gasteiger partial charge is 0.172 e. The van der Waals surface area contributed by atoms with Crippen LogP contribution in [0.3, 0.4) is 0 Å². The fraction of sp³-hybridized carbons (Fsp3) is 0.333. The second kappa shape index (κ2) is 3.96. The van der Waals surface area contributed by atoms with E-state index >= 15 is 0 Å². The van der Waals surface area contributed by atoms with Crippen molar-refractivity contribution in [3.63, 3.8) is 0 Å². The predicted molar refractivity (Wildman–Crippen MR) is 41.0 cm³/mol. The highest BCUT2D eigenvalue weighted by Gasteiger charge is 2.06. The van der Waals surface area contributed by atoms with Gasteiger partial charge >= 0.3 is 0 Å². The molecular formula is C6H8N2OS. The molecule has 0 heterocycles. The average molecular weight is 156 g/mol. The molecule has 0 amide bonds. The number of thioether (sulfide) groups is 1. The molecule has 10 heavy (non-hydrogen) atoms. The minimum atomic E-state index is -0.283. The van der Waals surface area contributed by atoms with Crippen molar-refractivity contribution >= 4 is 17.5 Å². The number of ketones is 1. The molecule has 0 aromatic rings. The van der Waals surface area contributed by atoms with Crippen molar-refractivity contribution in [1.82, 2.24) is 0 Å². The van der Waals surface area contributed by atoms with Crippen LogP contribution in [0.25, 0.3) is 0 Å². The molecule has 0 aromatic heterocycles. The van der Waals surface area contributed by atoms with Gasteiger partial charge in [0, 0.05) is 0 Å². The Morgan fingerprint density at radius 1 is 1.70 bits per heavy atom. The number of Topliss-reactive ketones (excluding diaryl/α,β-unsaturated/α-hetero) is 1. The van der Waals surface area contributed by atoms with E-state index in [1.807, 2.05) is 0 Å². The normalized spacial score (nSPS) is 11.7. The van der Waals surface area contributed by atoms with Crippen LogP contribution in [-0.2, 0) is 4.79 Å². The molecule has 0 bridgehead atoms. The Morgan fingerprint density at radius 2 is 2.20 bits per heavy atom. The van der Waals surface area contributed by atoms with Crippen molar-refractivity contribution in [2.75, 3.05) is 6.26 Å². The highest BCUT2D eigenvalue weighted by Crippen LogP contribution is 2.10. The van der Waals surface area contributed by atoms with Crippen molar-refractivity contribution < 1.29 is 4.79 Å². The lowest BCUT2D eigenvalue weighted by molar-refractivity contribution is -0.113. The van der Waals surface area contributed by atoms with Crippen LogP contribution >= 0.6 is 11.8 Å². The quantitative estimate of drug-likeness (QED) is 0.470. The van der Waals surface area contributed by atoms with Crippen molar-refractivity contribution in [3.8, 4) is 6.07 Å². The largest absolute Gasteiger partial charge is 0.392 e. The number of rotatable bonds is 2. The van der Waals surface area contributed by atoms with Gasteiger partial charge in [0.15, 0.2) is 5.78 Å². The summed E-state index contributed by atoms with van der Waals surface area (Å²) in [7, 11) is 0. The van der Waals surface area contributed by atoms with Crippen LogP contribution in [0.5, 0.6) is 0 Å². The van der Waals surface area contributed by atoms with Gasteiger partial charge in [-0.05, 0) is 13.2 Å². The van der Waals surface area contributed by atoms with Crippen molar-refractivity contribution in [2.45, 2.75) is 6.92 Å². The van der Waals surface area contributed by atoms with E-state index in [1.165, 1.54) is 18.7 Å². The summed E-state index contributed by atoms with van der Waals surface area (Å²) in [5, 5.41) is 8.66. The van der Waals surface area contributed by atoms with Crippen molar-refractivity contribution in [2.24, 2.45) is 5.73 Å². The second-order valence-corrected chi connectivity index (χ2v) is 2.46. The maximum Gasteiger partial charge on any atom is 0.172 e. The Bertz CT molecular complexity index is 214. The molecule has 0 rings (SSSR count). The highest BCUT2D eigenvalue weighted by atomic mass is 32.2. The first kappa shape index (κ1) is 9.05. The number of nitrogens with two attached hydrogens (primary N) is 1. The minimum Gasteiger partial charge on any atom is -0.392 e. The summed E-state index contributed by atoms with van der Waals surface area (Å²) in [5.41, 5.74) is 5.38. The topological polar surface area (TPSA) is 66.9 Å². The first-order valence-corrected chi connectivity index (χ1v) is 3.80. The standard InChI is InChI=1S/C6H8N2OS/c1-4(9)5(3-7)6(8)10-2/h8H2,1-2H3/b6-5-. The van der Waals surface area contributed by atoms with Gasteiger partial charge in [-0.1, -0.05) is 0 Å². The molecule has 0 atom stereocenters. The lowest BCUT2D eigenvalue weighted by Crippen LogP contribution is -2.03. The molecule has 0 aromatic carbocycles. The van der Waals surface area contributed by atoms with Gasteiger partial charge in [0.25, 0.3) is 0 Å². The Morgan fingerprint density at radius 3 is 2.30 bits per heavy atom. The van der Waals surface area contributed by atoms with Crippen LogP contribution in [-0.4, -0.2) is 12.0 Å². The van der Waals surface area contributed by atoms with Gasteiger partial charge in [-0.15, -0.1) is 11.8 Å². The zero-order valence-corrected chi connectivity index (χ0v) is 6.66.